The molecule has 0 spiro atoms. The SMILES string of the molecule is Cc1c(CCON)c(O)cc2c1CCCC2. The molecule has 0 unspecified atom stereocenters. The molecular formula is C13H19NO2. The van der Waals surface area contributed by atoms with Crippen LogP contribution in [0.15, 0.2) is 6.07 Å². The minimum Gasteiger partial charge on any atom is -0.508 e. The number of hydrogen-bond donors (Lipinski definition) is 2. The largest absolute Gasteiger partial charge is 0.508 e. The van der Waals surface area contributed by atoms with Crippen molar-refractivity contribution in [1.29, 1.82) is 0 Å². The van der Waals surface area contributed by atoms with Crippen LogP contribution in [0.25, 0.3) is 0 Å². The number of aryl methyl sites for hydroxylation is 1. The normalized spacial score (nSPS) is 14.9. The summed E-state index contributed by atoms with van der Waals surface area (Å²) in [6.07, 6.45) is 5.40. The van der Waals surface area contributed by atoms with Gasteiger partial charge in [0, 0.05) is 6.42 Å². The lowest BCUT2D eigenvalue weighted by atomic mass is 9.85. The minimum atomic E-state index is 0.398. The standard InChI is InChI=1S/C13H19NO2/c1-9-11-5-3-2-4-10(11)8-13(15)12(9)6-7-16-14/h8,15H,2-7,14H2,1H3. The maximum Gasteiger partial charge on any atom is 0.119 e. The van der Waals surface area contributed by atoms with Gasteiger partial charge in [0.05, 0.1) is 6.61 Å². The molecule has 1 aliphatic rings. The van der Waals surface area contributed by atoms with Crippen LogP contribution < -0.4 is 5.90 Å². The third kappa shape index (κ3) is 2.06. The highest BCUT2D eigenvalue weighted by atomic mass is 16.6. The smallest absolute Gasteiger partial charge is 0.119 e. The van der Waals surface area contributed by atoms with Gasteiger partial charge in [-0.15, -0.1) is 0 Å². The fourth-order valence-corrected chi connectivity index (χ4v) is 2.62. The molecule has 0 bridgehead atoms. The predicted molar refractivity (Wildman–Crippen MR) is 63.3 cm³/mol. The van der Waals surface area contributed by atoms with Gasteiger partial charge in [-0.3, -0.25) is 0 Å². The van der Waals surface area contributed by atoms with Crippen molar-refractivity contribution >= 4 is 0 Å². The molecule has 0 saturated carbocycles. The summed E-state index contributed by atoms with van der Waals surface area (Å²) in [4.78, 5) is 4.59. The van der Waals surface area contributed by atoms with Gasteiger partial charge in [-0.05, 0) is 60.9 Å². The zero-order valence-electron chi connectivity index (χ0n) is 9.75. The van der Waals surface area contributed by atoms with Gasteiger partial charge in [0.2, 0.25) is 0 Å². The lowest BCUT2D eigenvalue weighted by Crippen LogP contribution is -2.10. The van der Waals surface area contributed by atoms with Crippen LogP contribution in [-0.2, 0) is 24.1 Å². The average molecular weight is 221 g/mol. The molecule has 88 valence electrons. The highest BCUT2D eigenvalue weighted by Crippen LogP contribution is 2.32. The highest BCUT2D eigenvalue weighted by molar-refractivity contribution is 5.49. The van der Waals surface area contributed by atoms with Crippen LogP contribution >= 0.6 is 0 Å². The summed E-state index contributed by atoms with van der Waals surface area (Å²) in [5.74, 6) is 5.43. The van der Waals surface area contributed by atoms with Crippen molar-refractivity contribution in [1.82, 2.24) is 0 Å². The lowest BCUT2D eigenvalue weighted by molar-refractivity contribution is 0.140. The summed E-state index contributed by atoms with van der Waals surface area (Å²) in [5, 5.41) is 9.98. The monoisotopic (exact) mass is 221 g/mol. The number of hydrogen-bond acceptors (Lipinski definition) is 3. The molecule has 1 aromatic rings. The van der Waals surface area contributed by atoms with Gasteiger partial charge in [0.1, 0.15) is 5.75 Å². The minimum absolute atomic E-state index is 0.398. The highest BCUT2D eigenvalue weighted by Gasteiger charge is 2.17. The van der Waals surface area contributed by atoms with Gasteiger partial charge in [-0.1, -0.05) is 0 Å². The van der Waals surface area contributed by atoms with E-state index in [9.17, 15) is 5.11 Å². The zero-order chi connectivity index (χ0) is 11.5. The first kappa shape index (κ1) is 11.4. The van der Waals surface area contributed by atoms with Crippen molar-refractivity contribution in [2.24, 2.45) is 5.90 Å². The second-order valence-electron chi connectivity index (χ2n) is 4.46. The van der Waals surface area contributed by atoms with E-state index in [1.165, 1.54) is 29.5 Å². The van der Waals surface area contributed by atoms with E-state index < -0.39 is 0 Å². The van der Waals surface area contributed by atoms with E-state index in [0.29, 0.717) is 18.8 Å². The van der Waals surface area contributed by atoms with Crippen molar-refractivity contribution in [2.75, 3.05) is 6.61 Å². The molecule has 3 N–H and O–H groups in total. The number of benzene rings is 1. The summed E-state index contributed by atoms with van der Waals surface area (Å²) in [5.41, 5.74) is 4.97. The Labute approximate surface area is 96.2 Å². The molecular weight excluding hydrogens is 202 g/mol. The van der Waals surface area contributed by atoms with Crippen molar-refractivity contribution < 1.29 is 9.94 Å². The van der Waals surface area contributed by atoms with Crippen LogP contribution in [0.5, 0.6) is 5.75 Å². The fourth-order valence-electron chi connectivity index (χ4n) is 2.62. The molecule has 2 rings (SSSR count). The Kier molecular flexibility index (Phi) is 3.46. The third-order valence-corrected chi connectivity index (χ3v) is 3.51. The Morgan fingerprint density at radius 2 is 2.12 bits per heavy atom. The summed E-state index contributed by atoms with van der Waals surface area (Å²) < 4.78 is 0. The van der Waals surface area contributed by atoms with Crippen LogP contribution in [0.1, 0.15) is 35.1 Å². The van der Waals surface area contributed by atoms with E-state index in [1.807, 2.05) is 6.07 Å². The molecule has 1 aliphatic carbocycles. The topological polar surface area (TPSA) is 55.5 Å². The van der Waals surface area contributed by atoms with Crippen LogP contribution in [-0.4, -0.2) is 11.7 Å². The first-order chi connectivity index (χ1) is 7.74. The van der Waals surface area contributed by atoms with E-state index in [4.69, 9.17) is 5.90 Å². The van der Waals surface area contributed by atoms with E-state index in [0.717, 1.165) is 18.4 Å². The van der Waals surface area contributed by atoms with Crippen LogP contribution in [0, 0.1) is 6.92 Å². The lowest BCUT2D eigenvalue weighted by Gasteiger charge is -2.21. The number of aromatic hydroxyl groups is 1. The molecule has 1 aromatic carbocycles. The Balaban J connectivity index is 2.37. The Bertz CT molecular complexity index is 388. The van der Waals surface area contributed by atoms with Gasteiger partial charge < -0.3 is 9.94 Å². The van der Waals surface area contributed by atoms with Gasteiger partial charge in [0.15, 0.2) is 0 Å². The quantitative estimate of drug-likeness (QED) is 0.768. The average Bonchev–Trinajstić information content (AvgIpc) is 2.29. The molecule has 0 aliphatic heterocycles. The maximum atomic E-state index is 9.98. The molecule has 0 heterocycles. The molecule has 0 saturated heterocycles. The van der Waals surface area contributed by atoms with E-state index in [2.05, 4.69) is 11.8 Å². The third-order valence-electron chi connectivity index (χ3n) is 3.51. The first-order valence-electron chi connectivity index (χ1n) is 5.89. The number of rotatable bonds is 3. The summed E-state index contributed by atoms with van der Waals surface area (Å²) in [6, 6.07) is 1.92. The summed E-state index contributed by atoms with van der Waals surface area (Å²) in [7, 11) is 0. The predicted octanol–water partition coefficient (Wildman–Crippen LogP) is 2.01. The second kappa shape index (κ2) is 4.85. The number of phenolic OH excluding ortho intramolecular Hbond substituents is 1. The van der Waals surface area contributed by atoms with Crippen molar-refractivity contribution in [2.45, 2.75) is 39.0 Å². The van der Waals surface area contributed by atoms with Gasteiger partial charge in [-0.2, -0.15) is 0 Å². The molecule has 0 fully saturated rings. The first-order valence-corrected chi connectivity index (χ1v) is 5.89. The molecule has 3 nitrogen and oxygen atoms in total. The van der Waals surface area contributed by atoms with Gasteiger partial charge in [-0.25, -0.2) is 5.90 Å². The van der Waals surface area contributed by atoms with E-state index in [-0.39, 0.29) is 0 Å². The zero-order valence-corrected chi connectivity index (χ0v) is 9.75. The summed E-state index contributed by atoms with van der Waals surface area (Å²) in [6.45, 7) is 2.54. The number of phenols is 1. The van der Waals surface area contributed by atoms with Gasteiger partial charge >= 0.3 is 0 Å². The van der Waals surface area contributed by atoms with Crippen LogP contribution in [0.2, 0.25) is 0 Å². The molecule has 0 radical (unpaired) electrons. The summed E-state index contributed by atoms with van der Waals surface area (Å²) >= 11 is 0. The van der Waals surface area contributed by atoms with Gasteiger partial charge in [0.25, 0.3) is 0 Å². The van der Waals surface area contributed by atoms with E-state index in [1.54, 1.807) is 0 Å². The van der Waals surface area contributed by atoms with Crippen LogP contribution in [0.3, 0.4) is 0 Å². The molecule has 0 aromatic heterocycles. The van der Waals surface area contributed by atoms with Crippen LogP contribution in [0.4, 0.5) is 0 Å². The van der Waals surface area contributed by atoms with E-state index >= 15 is 0 Å². The maximum absolute atomic E-state index is 9.98. The molecule has 0 atom stereocenters. The molecule has 0 amide bonds. The van der Waals surface area contributed by atoms with Crippen molar-refractivity contribution in [3.05, 3.63) is 28.3 Å². The Morgan fingerprint density at radius 1 is 1.38 bits per heavy atom. The Hall–Kier alpha value is -1.06. The Morgan fingerprint density at radius 3 is 2.88 bits per heavy atom. The van der Waals surface area contributed by atoms with Crippen molar-refractivity contribution in [3.8, 4) is 5.75 Å². The number of nitrogens with two attached hydrogens (primary N) is 1. The fraction of sp³-hybridized carbons (Fsp3) is 0.538. The molecule has 3 heteroatoms. The molecule has 16 heavy (non-hydrogen) atoms. The number of fused-ring (bicyclic) bond motifs is 1. The van der Waals surface area contributed by atoms with Crippen molar-refractivity contribution in [3.63, 3.8) is 0 Å². The second-order valence-corrected chi connectivity index (χ2v) is 4.46.